The molecule has 0 radical (unpaired) electrons. The molecule has 0 fully saturated rings. The number of rotatable bonds is 4. The van der Waals surface area contributed by atoms with Crippen molar-refractivity contribution in [2.24, 2.45) is 0 Å². The van der Waals surface area contributed by atoms with Gasteiger partial charge in [0.25, 0.3) is 5.91 Å². The molecule has 0 saturated carbocycles. The third-order valence-electron chi connectivity index (χ3n) is 4.29. The molecule has 132 valence electrons. The van der Waals surface area contributed by atoms with Crippen LogP contribution in [0.1, 0.15) is 27.4 Å². The van der Waals surface area contributed by atoms with Crippen molar-refractivity contribution in [2.75, 3.05) is 18.4 Å². The number of nitrogens with one attached hydrogen (secondary N) is 1. The standard InChI is InChI=1S/C17H17N7O2/c25-17(15-2-1-6-21-22-15)24-7-3-13-14(4-8-24)19-11-20-16(13)18-10-12-5-9-26-23-12/h1-2,5-6,9,11H,3-4,7-8,10H2,(H,18,19,20). The lowest BCUT2D eigenvalue weighted by Crippen LogP contribution is -2.34. The van der Waals surface area contributed by atoms with Gasteiger partial charge in [0.15, 0.2) is 5.69 Å². The molecule has 3 aromatic rings. The van der Waals surface area contributed by atoms with E-state index in [9.17, 15) is 4.79 Å². The van der Waals surface area contributed by atoms with Crippen LogP contribution in [0, 0.1) is 0 Å². The highest BCUT2D eigenvalue weighted by Crippen LogP contribution is 2.21. The second-order valence-electron chi connectivity index (χ2n) is 5.89. The van der Waals surface area contributed by atoms with E-state index >= 15 is 0 Å². The van der Waals surface area contributed by atoms with E-state index in [0.717, 1.165) is 22.8 Å². The van der Waals surface area contributed by atoms with Crippen LogP contribution in [0.5, 0.6) is 0 Å². The molecule has 1 amide bonds. The second-order valence-corrected chi connectivity index (χ2v) is 5.89. The van der Waals surface area contributed by atoms with E-state index in [-0.39, 0.29) is 5.91 Å². The molecule has 4 rings (SSSR count). The minimum atomic E-state index is -0.115. The summed E-state index contributed by atoms with van der Waals surface area (Å²) in [6, 6.07) is 5.19. The maximum atomic E-state index is 12.6. The summed E-state index contributed by atoms with van der Waals surface area (Å²) in [4.78, 5) is 23.2. The average molecular weight is 351 g/mol. The van der Waals surface area contributed by atoms with Crippen molar-refractivity contribution in [2.45, 2.75) is 19.4 Å². The van der Waals surface area contributed by atoms with Crippen molar-refractivity contribution >= 4 is 11.7 Å². The van der Waals surface area contributed by atoms with Gasteiger partial charge in [0.2, 0.25) is 0 Å². The number of carbonyl (C=O) groups is 1. The van der Waals surface area contributed by atoms with Crippen LogP contribution in [0.2, 0.25) is 0 Å². The third-order valence-corrected chi connectivity index (χ3v) is 4.29. The molecule has 26 heavy (non-hydrogen) atoms. The Morgan fingerprint density at radius 2 is 2.15 bits per heavy atom. The Balaban J connectivity index is 1.49. The van der Waals surface area contributed by atoms with Gasteiger partial charge in [0.1, 0.15) is 24.1 Å². The Kier molecular flexibility index (Phi) is 4.50. The number of hydrogen-bond acceptors (Lipinski definition) is 8. The molecule has 0 spiro atoms. The summed E-state index contributed by atoms with van der Waals surface area (Å²) in [7, 11) is 0. The molecule has 0 saturated heterocycles. The van der Waals surface area contributed by atoms with Crippen LogP contribution in [-0.4, -0.2) is 49.2 Å². The van der Waals surface area contributed by atoms with Gasteiger partial charge in [-0.25, -0.2) is 9.97 Å². The molecule has 0 bridgehead atoms. The van der Waals surface area contributed by atoms with E-state index in [1.54, 1.807) is 35.6 Å². The van der Waals surface area contributed by atoms with Gasteiger partial charge in [-0.3, -0.25) is 4.79 Å². The first kappa shape index (κ1) is 16.1. The third kappa shape index (κ3) is 3.37. The molecule has 9 nitrogen and oxygen atoms in total. The molecular formula is C17H17N7O2. The smallest absolute Gasteiger partial charge is 0.274 e. The molecule has 4 heterocycles. The molecule has 1 aliphatic heterocycles. The lowest BCUT2D eigenvalue weighted by Gasteiger charge is -2.19. The monoisotopic (exact) mass is 351 g/mol. The van der Waals surface area contributed by atoms with Crippen molar-refractivity contribution in [1.29, 1.82) is 0 Å². The maximum absolute atomic E-state index is 12.6. The number of anilines is 1. The van der Waals surface area contributed by atoms with Gasteiger partial charge >= 0.3 is 0 Å². The highest BCUT2D eigenvalue weighted by atomic mass is 16.5. The van der Waals surface area contributed by atoms with Crippen LogP contribution < -0.4 is 5.32 Å². The van der Waals surface area contributed by atoms with Crippen molar-refractivity contribution in [3.63, 3.8) is 0 Å². The molecular weight excluding hydrogens is 334 g/mol. The van der Waals surface area contributed by atoms with Gasteiger partial charge in [-0.2, -0.15) is 5.10 Å². The molecule has 0 unspecified atom stereocenters. The number of carbonyl (C=O) groups excluding carboxylic acids is 1. The van der Waals surface area contributed by atoms with E-state index in [4.69, 9.17) is 4.52 Å². The van der Waals surface area contributed by atoms with Gasteiger partial charge in [-0.1, -0.05) is 5.16 Å². The first-order valence-electron chi connectivity index (χ1n) is 8.34. The summed E-state index contributed by atoms with van der Waals surface area (Å²) in [5, 5.41) is 14.9. The SMILES string of the molecule is O=C(c1cccnn1)N1CCc2ncnc(NCc3ccon3)c2CC1. The fourth-order valence-corrected chi connectivity index (χ4v) is 2.96. The van der Waals surface area contributed by atoms with E-state index in [1.807, 2.05) is 0 Å². The van der Waals surface area contributed by atoms with Crippen LogP contribution in [0.3, 0.4) is 0 Å². The number of amides is 1. The van der Waals surface area contributed by atoms with Crippen LogP contribution in [0.4, 0.5) is 5.82 Å². The first-order chi connectivity index (χ1) is 12.8. The summed E-state index contributed by atoms with van der Waals surface area (Å²) < 4.78 is 4.84. The van der Waals surface area contributed by atoms with Crippen molar-refractivity contribution in [3.05, 3.63) is 59.6 Å². The fraction of sp³-hybridized carbons (Fsp3) is 0.294. The summed E-state index contributed by atoms with van der Waals surface area (Å²) in [5.74, 6) is 0.655. The fourth-order valence-electron chi connectivity index (χ4n) is 2.96. The molecule has 0 aliphatic carbocycles. The number of hydrogen-bond donors (Lipinski definition) is 1. The predicted octanol–water partition coefficient (Wildman–Crippen LogP) is 1.11. The van der Waals surface area contributed by atoms with Gasteiger partial charge in [0.05, 0.1) is 12.2 Å². The summed E-state index contributed by atoms with van der Waals surface area (Å²) in [6.45, 7) is 1.68. The Morgan fingerprint density at radius 3 is 2.96 bits per heavy atom. The largest absolute Gasteiger partial charge is 0.364 e. The lowest BCUT2D eigenvalue weighted by molar-refractivity contribution is 0.0756. The van der Waals surface area contributed by atoms with E-state index in [1.165, 1.54) is 6.26 Å². The Labute approximate surface area is 149 Å². The van der Waals surface area contributed by atoms with Crippen LogP contribution in [0.25, 0.3) is 0 Å². The van der Waals surface area contributed by atoms with Crippen LogP contribution in [0.15, 0.2) is 41.5 Å². The van der Waals surface area contributed by atoms with Crippen molar-refractivity contribution in [3.8, 4) is 0 Å². The molecule has 9 heteroatoms. The highest BCUT2D eigenvalue weighted by molar-refractivity contribution is 5.92. The highest BCUT2D eigenvalue weighted by Gasteiger charge is 2.23. The van der Waals surface area contributed by atoms with Crippen LogP contribution >= 0.6 is 0 Å². The zero-order valence-electron chi connectivity index (χ0n) is 14.0. The maximum Gasteiger partial charge on any atom is 0.274 e. The topological polar surface area (TPSA) is 110 Å². The summed E-state index contributed by atoms with van der Waals surface area (Å²) in [6.07, 6.45) is 5.97. The average Bonchev–Trinajstić information content (AvgIpc) is 3.11. The lowest BCUT2D eigenvalue weighted by atomic mass is 10.1. The zero-order valence-corrected chi connectivity index (χ0v) is 14.0. The Hall–Kier alpha value is -3.36. The van der Waals surface area contributed by atoms with Gasteiger partial charge < -0.3 is 14.7 Å². The van der Waals surface area contributed by atoms with Crippen LogP contribution in [-0.2, 0) is 19.4 Å². The zero-order chi connectivity index (χ0) is 17.8. The number of fused-ring (bicyclic) bond motifs is 1. The van der Waals surface area contributed by atoms with E-state index in [0.29, 0.717) is 38.2 Å². The molecule has 0 aromatic carbocycles. The van der Waals surface area contributed by atoms with E-state index in [2.05, 4.69) is 30.6 Å². The number of nitrogens with zero attached hydrogens (tertiary/aromatic N) is 6. The molecule has 0 atom stereocenters. The van der Waals surface area contributed by atoms with Crippen molar-refractivity contribution in [1.82, 2.24) is 30.2 Å². The predicted molar refractivity (Wildman–Crippen MR) is 91.2 cm³/mol. The number of aromatic nitrogens is 5. The minimum absolute atomic E-state index is 0.115. The van der Waals surface area contributed by atoms with Gasteiger partial charge in [-0.05, 0) is 18.6 Å². The van der Waals surface area contributed by atoms with Crippen molar-refractivity contribution < 1.29 is 9.32 Å². The quantitative estimate of drug-likeness (QED) is 0.744. The second kappa shape index (κ2) is 7.26. The molecule has 1 N–H and O–H groups in total. The summed E-state index contributed by atoms with van der Waals surface area (Å²) in [5.41, 5.74) is 3.14. The first-order valence-corrected chi connectivity index (χ1v) is 8.34. The molecule has 3 aromatic heterocycles. The van der Waals surface area contributed by atoms with Gasteiger partial charge in [-0.15, -0.1) is 5.10 Å². The Morgan fingerprint density at radius 1 is 1.23 bits per heavy atom. The Bertz CT molecular complexity index is 883. The minimum Gasteiger partial charge on any atom is -0.364 e. The van der Waals surface area contributed by atoms with E-state index < -0.39 is 0 Å². The summed E-state index contributed by atoms with van der Waals surface area (Å²) >= 11 is 0. The normalized spacial score (nSPS) is 13.8. The van der Waals surface area contributed by atoms with Gasteiger partial charge in [0, 0.05) is 37.3 Å². The molecule has 1 aliphatic rings.